The van der Waals surface area contributed by atoms with Crippen molar-refractivity contribution in [1.82, 2.24) is 0 Å². The molecule has 2 heterocycles. The Bertz CT molecular complexity index is 2100. The van der Waals surface area contributed by atoms with Crippen molar-refractivity contribution in [1.29, 1.82) is 0 Å². The number of aryl methyl sites for hydroxylation is 1. The molecule has 0 spiro atoms. The highest BCUT2D eigenvalue weighted by molar-refractivity contribution is 7.86. The Morgan fingerprint density at radius 3 is 2.18 bits per heavy atom. The minimum atomic E-state index is -4.35. The summed E-state index contributed by atoms with van der Waals surface area (Å²) in [6.07, 6.45) is 11.8. The molecule has 1 N–H and O–H groups in total. The third-order valence-electron chi connectivity index (χ3n) is 9.72. The van der Waals surface area contributed by atoms with Gasteiger partial charge < -0.3 is 4.90 Å². The van der Waals surface area contributed by atoms with Crippen LogP contribution >= 0.6 is 0 Å². The summed E-state index contributed by atoms with van der Waals surface area (Å²) in [4.78, 5) is 2.38. The fraction of sp³-hybridized carbons (Fsp3) is 0.308. The van der Waals surface area contributed by atoms with Crippen LogP contribution in [0.1, 0.15) is 64.7 Å². The molecule has 0 bridgehead atoms. The van der Waals surface area contributed by atoms with E-state index in [4.69, 9.17) is 0 Å². The Hall–Kier alpha value is -4.00. The Balaban J connectivity index is 1.36. The van der Waals surface area contributed by atoms with Crippen LogP contribution in [0.3, 0.4) is 0 Å². The summed E-state index contributed by atoms with van der Waals surface area (Å²) in [6.45, 7) is 17.3. The van der Waals surface area contributed by atoms with Crippen molar-refractivity contribution < 1.29 is 17.5 Å². The second kappa shape index (κ2) is 11.1. The maximum atomic E-state index is 12.2. The van der Waals surface area contributed by atoms with E-state index < -0.39 is 10.1 Å². The van der Waals surface area contributed by atoms with Crippen LogP contribution in [0.4, 0.5) is 11.4 Å². The molecule has 2 aliphatic heterocycles. The first kappa shape index (κ1) is 31.0. The van der Waals surface area contributed by atoms with Crippen LogP contribution in [0, 0.1) is 6.92 Å². The van der Waals surface area contributed by atoms with Gasteiger partial charge in [0, 0.05) is 52.9 Å². The van der Waals surface area contributed by atoms with Crippen LogP contribution in [-0.2, 0) is 20.9 Å². The highest BCUT2D eigenvalue weighted by Gasteiger charge is 2.45. The molecular weight excluding hydrogens is 577 g/mol. The molecule has 6 heteroatoms. The topological polar surface area (TPSA) is 60.6 Å². The first-order valence-electron chi connectivity index (χ1n) is 15.9. The number of anilines is 1. The van der Waals surface area contributed by atoms with Gasteiger partial charge in [-0.3, -0.25) is 4.55 Å². The molecule has 45 heavy (non-hydrogen) atoms. The second-order valence-corrected chi connectivity index (χ2v) is 14.6. The zero-order valence-electron chi connectivity index (χ0n) is 27.3. The molecule has 0 fully saturated rings. The largest absolute Gasteiger partial charge is 0.344 e. The molecule has 0 aliphatic carbocycles. The minimum Gasteiger partial charge on any atom is -0.344 e. The number of likely N-dealkylation sites (N-methyl/N-ethyl adjacent to an activating group) is 1. The molecule has 4 aromatic rings. The average Bonchev–Trinajstić information content (AvgIpc) is 3.35. The Kier molecular flexibility index (Phi) is 7.65. The first-order valence-corrected chi connectivity index (χ1v) is 17.3. The summed E-state index contributed by atoms with van der Waals surface area (Å²) in [5.74, 6) is 0. The van der Waals surface area contributed by atoms with E-state index in [1.807, 2.05) is 18.2 Å². The lowest BCUT2D eigenvalue weighted by atomic mass is 9.79. The normalized spacial score (nSPS) is 18.3. The van der Waals surface area contributed by atoms with Crippen molar-refractivity contribution in [2.24, 2.45) is 0 Å². The van der Waals surface area contributed by atoms with Crippen LogP contribution in [0.15, 0.2) is 102 Å². The second-order valence-electron chi connectivity index (χ2n) is 13.2. The van der Waals surface area contributed by atoms with E-state index in [9.17, 15) is 13.0 Å². The number of rotatable bonds is 7. The Morgan fingerprint density at radius 2 is 1.49 bits per heavy atom. The minimum absolute atomic E-state index is 0.0538. The monoisotopic (exact) mass is 619 g/mol. The lowest BCUT2D eigenvalue weighted by Gasteiger charge is -2.26. The van der Waals surface area contributed by atoms with Crippen LogP contribution in [0.25, 0.3) is 21.5 Å². The Morgan fingerprint density at radius 1 is 0.800 bits per heavy atom. The van der Waals surface area contributed by atoms with Crippen molar-refractivity contribution in [3.05, 3.63) is 113 Å². The van der Waals surface area contributed by atoms with Gasteiger partial charge in [-0.05, 0) is 79.3 Å². The molecule has 0 saturated carbocycles. The molecule has 2 aliphatic rings. The summed E-state index contributed by atoms with van der Waals surface area (Å²) in [6, 6.07) is 20.1. The van der Waals surface area contributed by atoms with Crippen LogP contribution in [0.2, 0.25) is 0 Å². The summed E-state index contributed by atoms with van der Waals surface area (Å²) < 4.78 is 36.6. The van der Waals surface area contributed by atoms with Gasteiger partial charge in [0.2, 0.25) is 5.69 Å². The van der Waals surface area contributed by atoms with E-state index in [1.165, 1.54) is 39.4 Å². The van der Waals surface area contributed by atoms with Gasteiger partial charge >= 0.3 is 0 Å². The van der Waals surface area contributed by atoms with Crippen LogP contribution < -0.4 is 4.90 Å². The van der Waals surface area contributed by atoms with Crippen molar-refractivity contribution in [3.63, 3.8) is 0 Å². The molecule has 0 radical (unpaired) electrons. The van der Waals surface area contributed by atoms with E-state index in [1.54, 1.807) is 6.07 Å². The van der Waals surface area contributed by atoms with Gasteiger partial charge in [0.25, 0.3) is 10.1 Å². The molecular formula is C39H43N2O3S+. The van der Waals surface area contributed by atoms with Gasteiger partial charge in [-0.2, -0.15) is 13.0 Å². The van der Waals surface area contributed by atoms with Gasteiger partial charge in [0.1, 0.15) is 11.4 Å². The third-order valence-corrected chi connectivity index (χ3v) is 10.6. The van der Waals surface area contributed by atoms with Crippen molar-refractivity contribution in [3.8, 4) is 0 Å². The molecule has 0 saturated heterocycles. The van der Waals surface area contributed by atoms with Crippen molar-refractivity contribution in [2.45, 2.75) is 70.6 Å². The highest BCUT2D eigenvalue weighted by Crippen LogP contribution is 2.51. The summed E-state index contributed by atoms with van der Waals surface area (Å²) in [5.41, 5.74) is 8.07. The highest BCUT2D eigenvalue weighted by atomic mass is 32.2. The molecule has 232 valence electrons. The third kappa shape index (κ3) is 4.86. The number of fused-ring (bicyclic) bond motifs is 6. The van der Waals surface area contributed by atoms with E-state index in [0.29, 0.717) is 5.39 Å². The van der Waals surface area contributed by atoms with Crippen LogP contribution in [-0.4, -0.2) is 36.3 Å². The standard InChI is InChI=1S/C39H42N2O3S/c1-8-25-41-32-24-22-28-30(17-14-18-33(28)45(42,43)44)37(32)39(6,7)35(41)20-12-10-11-19-34-38(4,5)36-29-16-13-15-26(3)27(29)21-23-31(36)40(34)9-2/h10-24H,8-9,25H2,1-7H3/p+1. The van der Waals surface area contributed by atoms with E-state index >= 15 is 0 Å². The number of benzene rings is 4. The summed E-state index contributed by atoms with van der Waals surface area (Å²) in [7, 11) is -4.35. The van der Waals surface area contributed by atoms with Crippen LogP contribution in [0.5, 0.6) is 0 Å². The van der Waals surface area contributed by atoms with Crippen molar-refractivity contribution in [2.75, 3.05) is 18.0 Å². The molecule has 5 nitrogen and oxygen atoms in total. The molecule has 0 amide bonds. The van der Waals surface area contributed by atoms with Crippen molar-refractivity contribution >= 4 is 48.7 Å². The fourth-order valence-electron chi connectivity index (χ4n) is 7.76. The molecule has 0 aromatic heterocycles. The number of hydrogen-bond donors (Lipinski definition) is 1. The zero-order chi connectivity index (χ0) is 32.3. The van der Waals surface area contributed by atoms with E-state index in [2.05, 4.69) is 119 Å². The molecule has 0 unspecified atom stereocenters. The Labute approximate surface area is 267 Å². The zero-order valence-corrected chi connectivity index (χ0v) is 28.2. The number of hydrogen-bond acceptors (Lipinski definition) is 3. The van der Waals surface area contributed by atoms with E-state index in [0.717, 1.165) is 41.9 Å². The maximum Gasteiger partial charge on any atom is 0.295 e. The molecule has 6 rings (SSSR count). The lowest BCUT2D eigenvalue weighted by molar-refractivity contribution is -0.437. The van der Waals surface area contributed by atoms with Gasteiger partial charge in [-0.1, -0.05) is 75.4 Å². The lowest BCUT2D eigenvalue weighted by Crippen LogP contribution is -2.28. The molecule has 0 atom stereocenters. The SMILES string of the molecule is CCC[N+]1=C(C=CC=CC=C2N(CC)c3ccc4c(C)cccc4c3C2(C)C)C(C)(C)c2c1ccc1c(S(=O)(=O)O)cccc21. The maximum absolute atomic E-state index is 12.2. The number of nitrogens with zero attached hydrogens (tertiary/aromatic N) is 2. The summed E-state index contributed by atoms with van der Waals surface area (Å²) >= 11 is 0. The van der Waals surface area contributed by atoms with Gasteiger partial charge in [0.05, 0.1) is 5.41 Å². The van der Waals surface area contributed by atoms with Gasteiger partial charge in [0.15, 0.2) is 5.71 Å². The predicted octanol–water partition coefficient (Wildman–Crippen LogP) is 9.15. The predicted molar refractivity (Wildman–Crippen MR) is 188 cm³/mol. The van der Waals surface area contributed by atoms with Gasteiger partial charge in [-0.15, -0.1) is 0 Å². The number of allylic oxidation sites excluding steroid dienone is 6. The quantitative estimate of drug-likeness (QED) is 0.127. The fourth-order valence-corrected chi connectivity index (χ4v) is 8.47. The summed E-state index contributed by atoms with van der Waals surface area (Å²) in [5, 5.41) is 4.04. The smallest absolute Gasteiger partial charge is 0.295 e. The van der Waals surface area contributed by atoms with E-state index in [-0.39, 0.29) is 15.7 Å². The average molecular weight is 620 g/mol. The van der Waals surface area contributed by atoms with Gasteiger partial charge in [-0.25, -0.2) is 0 Å². The first-order chi connectivity index (χ1) is 21.3. The molecule has 4 aromatic carbocycles.